The van der Waals surface area contributed by atoms with Crippen molar-refractivity contribution in [3.05, 3.63) is 132 Å². The van der Waals surface area contributed by atoms with Crippen LogP contribution < -0.4 is 10.6 Å². The van der Waals surface area contributed by atoms with Gasteiger partial charge in [0.15, 0.2) is 5.65 Å². The van der Waals surface area contributed by atoms with Gasteiger partial charge in [-0.3, -0.25) is 14.6 Å². The van der Waals surface area contributed by atoms with Crippen molar-refractivity contribution < 1.29 is 28.7 Å². The lowest BCUT2D eigenvalue weighted by atomic mass is 10.0. The molecule has 2 aliphatic rings. The highest BCUT2D eigenvalue weighted by Crippen LogP contribution is 2.36. The molecule has 0 aliphatic carbocycles. The number of nitrogens with one attached hydrogen (secondary N) is 4. The van der Waals surface area contributed by atoms with Crippen LogP contribution in [0.25, 0.3) is 44.7 Å². The average Bonchev–Trinajstić information content (AvgIpc) is 4.16. The minimum Gasteiger partial charge on any atom is -0.453 e. The number of methoxy groups -OCH3 is 2. The van der Waals surface area contributed by atoms with E-state index in [9.17, 15) is 19.2 Å². The van der Waals surface area contributed by atoms with Gasteiger partial charge in [0.25, 0.3) is 5.91 Å². The predicted molar refractivity (Wildman–Crippen MR) is 229 cm³/mol. The van der Waals surface area contributed by atoms with Crippen LogP contribution >= 0.6 is 0 Å². The number of nitrogens with zero attached hydrogens (tertiary/aromatic N) is 6. The molecule has 16 heteroatoms. The van der Waals surface area contributed by atoms with E-state index in [0.29, 0.717) is 47.9 Å². The van der Waals surface area contributed by atoms with Crippen molar-refractivity contribution in [2.24, 2.45) is 0 Å². The zero-order valence-electron chi connectivity index (χ0n) is 34.1. The molecule has 9 rings (SSSR count). The average molecular weight is 833 g/mol. The van der Waals surface area contributed by atoms with Crippen molar-refractivity contribution in [3.63, 3.8) is 0 Å². The molecule has 0 radical (unpaired) electrons. The fourth-order valence-electron chi connectivity index (χ4n) is 8.50. The van der Waals surface area contributed by atoms with Crippen LogP contribution in [0.15, 0.2) is 109 Å². The molecule has 4 unspecified atom stereocenters. The number of hydrogen-bond acceptors (Lipinski definition) is 10. The van der Waals surface area contributed by atoms with Gasteiger partial charge < -0.3 is 39.9 Å². The number of amides is 4. The van der Waals surface area contributed by atoms with Gasteiger partial charge in [-0.25, -0.2) is 24.5 Å². The molecule has 4 atom stereocenters. The molecule has 0 spiro atoms. The van der Waals surface area contributed by atoms with Crippen LogP contribution in [0.2, 0.25) is 0 Å². The molecule has 6 heterocycles. The third kappa shape index (κ3) is 7.89. The maximum atomic E-state index is 14.0. The minimum atomic E-state index is -0.909. The second-order valence-corrected chi connectivity index (χ2v) is 15.3. The van der Waals surface area contributed by atoms with E-state index in [4.69, 9.17) is 24.4 Å². The molecule has 2 aliphatic heterocycles. The van der Waals surface area contributed by atoms with E-state index in [2.05, 4.69) is 25.6 Å². The van der Waals surface area contributed by atoms with Crippen LogP contribution in [-0.2, 0) is 19.1 Å². The number of benzene rings is 3. The number of ether oxygens (including phenoxy) is 2. The van der Waals surface area contributed by atoms with Gasteiger partial charge in [-0.1, -0.05) is 84.9 Å². The molecule has 3 aromatic carbocycles. The van der Waals surface area contributed by atoms with E-state index in [1.54, 1.807) is 34.3 Å². The van der Waals surface area contributed by atoms with Crippen LogP contribution in [0.1, 0.15) is 72.5 Å². The first kappa shape index (κ1) is 39.8. The minimum absolute atomic E-state index is 0.230. The monoisotopic (exact) mass is 832 g/mol. The Morgan fingerprint density at radius 3 is 1.84 bits per heavy atom. The number of fused-ring (bicyclic) bond motifs is 2. The quantitative estimate of drug-likeness (QED) is 0.110. The Morgan fingerprint density at radius 1 is 0.645 bits per heavy atom. The van der Waals surface area contributed by atoms with Crippen molar-refractivity contribution in [1.82, 2.24) is 50.3 Å². The largest absolute Gasteiger partial charge is 0.453 e. The highest BCUT2D eigenvalue weighted by Gasteiger charge is 2.38. The Kier molecular flexibility index (Phi) is 11.0. The maximum Gasteiger partial charge on any atom is 0.407 e. The molecule has 4 aromatic heterocycles. The van der Waals surface area contributed by atoms with Gasteiger partial charge in [-0.15, -0.1) is 0 Å². The van der Waals surface area contributed by atoms with Crippen molar-refractivity contribution in [2.45, 2.75) is 49.9 Å². The molecule has 16 nitrogen and oxygen atoms in total. The molecule has 4 N–H and O–H groups in total. The number of pyridine rings is 2. The molecule has 4 amide bonds. The van der Waals surface area contributed by atoms with Gasteiger partial charge in [0, 0.05) is 30.4 Å². The Hall–Kier alpha value is -7.62. The SMILES string of the molecule is COC(=O)NC(C(=O)N1CCCC1c1cc2nc(-c3ccc(-c4cnc5nc(C6CCCN6C(=O)C(NC(=O)OC)c6ccccc6)[nH]c5c4)cc3)[nH]c2cn1)c1ccccc1. The zero-order chi connectivity index (χ0) is 42.7. The number of hydrogen-bond donors (Lipinski definition) is 4. The molecular formula is C46H44N10O6. The lowest BCUT2D eigenvalue weighted by Crippen LogP contribution is -2.42. The summed E-state index contributed by atoms with van der Waals surface area (Å²) in [4.78, 5) is 82.0. The summed E-state index contributed by atoms with van der Waals surface area (Å²) in [6, 6.07) is 27.8. The number of H-pyrrole nitrogens is 2. The van der Waals surface area contributed by atoms with Crippen molar-refractivity contribution in [3.8, 4) is 22.5 Å². The summed E-state index contributed by atoms with van der Waals surface area (Å²) in [6.45, 7) is 1.05. The lowest BCUT2D eigenvalue weighted by Gasteiger charge is -2.29. The van der Waals surface area contributed by atoms with Gasteiger partial charge >= 0.3 is 12.2 Å². The van der Waals surface area contributed by atoms with Crippen LogP contribution in [0.3, 0.4) is 0 Å². The first-order chi connectivity index (χ1) is 30.3. The molecular weight excluding hydrogens is 789 g/mol. The second kappa shape index (κ2) is 17.2. The fourth-order valence-corrected chi connectivity index (χ4v) is 8.50. The summed E-state index contributed by atoms with van der Waals surface area (Å²) in [5.41, 5.74) is 7.53. The van der Waals surface area contributed by atoms with E-state index in [0.717, 1.165) is 58.2 Å². The summed E-state index contributed by atoms with van der Waals surface area (Å²) in [5.74, 6) is 0.843. The number of carbonyl (C=O) groups excluding carboxylic acids is 4. The second-order valence-electron chi connectivity index (χ2n) is 15.3. The Morgan fingerprint density at radius 2 is 1.23 bits per heavy atom. The van der Waals surface area contributed by atoms with E-state index in [1.807, 2.05) is 84.9 Å². The molecule has 2 saturated heterocycles. The van der Waals surface area contributed by atoms with Gasteiger partial charge in [0.1, 0.15) is 23.7 Å². The van der Waals surface area contributed by atoms with E-state index < -0.39 is 24.3 Å². The number of imidazole rings is 2. The zero-order valence-corrected chi connectivity index (χ0v) is 34.1. The molecule has 62 heavy (non-hydrogen) atoms. The first-order valence-corrected chi connectivity index (χ1v) is 20.5. The van der Waals surface area contributed by atoms with Crippen molar-refractivity contribution in [2.75, 3.05) is 27.3 Å². The number of alkyl carbamates (subject to hydrolysis) is 2. The van der Waals surface area contributed by atoms with Crippen molar-refractivity contribution in [1.29, 1.82) is 0 Å². The molecule has 7 aromatic rings. The number of rotatable bonds is 10. The van der Waals surface area contributed by atoms with Gasteiger partial charge in [-0.2, -0.15) is 0 Å². The summed E-state index contributed by atoms with van der Waals surface area (Å²) in [7, 11) is 2.55. The summed E-state index contributed by atoms with van der Waals surface area (Å²) < 4.78 is 9.67. The number of aromatic amines is 2. The number of likely N-dealkylation sites (tertiary alicyclic amines) is 2. The van der Waals surface area contributed by atoms with Crippen LogP contribution in [-0.4, -0.2) is 91.0 Å². The molecule has 0 bridgehead atoms. The Labute approximate surface area is 356 Å². The van der Waals surface area contributed by atoms with Gasteiger partial charge in [-0.05, 0) is 54.5 Å². The van der Waals surface area contributed by atoms with E-state index in [1.165, 1.54) is 14.2 Å². The molecule has 2 fully saturated rings. The highest BCUT2D eigenvalue weighted by atomic mass is 16.5. The van der Waals surface area contributed by atoms with E-state index in [-0.39, 0.29) is 23.9 Å². The maximum absolute atomic E-state index is 14.0. The number of aromatic nitrogens is 6. The Bertz CT molecular complexity index is 2650. The fraction of sp³-hybridized carbons (Fsp3) is 0.261. The van der Waals surface area contributed by atoms with Crippen molar-refractivity contribution >= 4 is 46.2 Å². The van der Waals surface area contributed by atoms with Crippen LogP contribution in [0.4, 0.5) is 9.59 Å². The van der Waals surface area contributed by atoms with E-state index >= 15 is 0 Å². The topological polar surface area (TPSA) is 200 Å². The normalized spacial score (nSPS) is 17.2. The number of carbonyl (C=O) groups is 4. The lowest BCUT2D eigenvalue weighted by molar-refractivity contribution is -0.135. The summed E-state index contributed by atoms with van der Waals surface area (Å²) in [6.07, 6.45) is 5.19. The smallest absolute Gasteiger partial charge is 0.407 e. The van der Waals surface area contributed by atoms with Gasteiger partial charge in [0.2, 0.25) is 5.91 Å². The first-order valence-electron chi connectivity index (χ1n) is 20.5. The molecule has 0 saturated carbocycles. The predicted octanol–water partition coefficient (Wildman–Crippen LogP) is 7.08. The molecule has 314 valence electrons. The highest BCUT2D eigenvalue weighted by molar-refractivity contribution is 5.89. The standard InChI is InChI=1S/C46H44N10O6/c1-61-45(59)52-38(28-11-5-3-6-12-28)43(57)55-21-9-15-36(55)33-24-32-35(26-47-33)51-40(49-32)30-19-17-27(18-20-30)31-23-34-41(48-25-31)54-42(50-34)37-16-10-22-56(37)44(58)39(53-46(60)62-2)29-13-7-4-8-14-29/h3-8,11-14,17-20,23-26,36-39H,9-10,15-16,21-22H2,1-2H3,(H,49,51)(H,52,59)(H,53,60)(H,48,50,54). The third-order valence-electron chi connectivity index (χ3n) is 11.6. The van der Waals surface area contributed by atoms with Gasteiger partial charge in [0.05, 0.1) is 54.7 Å². The third-order valence-corrected chi connectivity index (χ3v) is 11.6. The Balaban J connectivity index is 0.910. The van der Waals surface area contributed by atoms with Crippen LogP contribution in [0, 0.1) is 0 Å². The summed E-state index contributed by atoms with van der Waals surface area (Å²) in [5, 5.41) is 5.42. The van der Waals surface area contributed by atoms with Crippen LogP contribution in [0.5, 0.6) is 0 Å². The summed E-state index contributed by atoms with van der Waals surface area (Å²) >= 11 is 0.